The van der Waals surface area contributed by atoms with Crippen LogP contribution in [0.1, 0.15) is 38.5 Å². The van der Waals surface area contributed by atoms with Crippen LogP contribution in [0.4, 0.5) is 0 Å². The summed E-state index contributed by atoms with van der Waals surface area (Å²) in [5, 5.41) is 0. The average molecular weight is 372 g/mol. The number of hydrogen-bond acceptors (Lipinski definition) is 1. The number of carbonyl (C=O) groups excluding carboxylic acids is 1. The smallest absolute Gasteiger partial charge is 0.190 e. The lowest BCUT2D eigenvalue weighted by Gasteiger charge is -2.17. The summed E-state index contributed by atoms with van der Waals surface area (Å²) in [5.74, 6) is 0.0184. The lowest BCUT2D eigenvalue weighted by molar-refractivity contribution is 0.103. The number of ketones is 1. The molecule has 1 aliphatic carbocycles. The Morgan fingerprint density at radius 2 is 1.14 bits per heavy atom. The summed E-state index contributed by atoms with van der Waals surface area (Å²) in [6, 6.07) is 38.6. The van der Waals surface area contributed by atoms with E-state index in [1.54, 1.807) is 0 Å². The fourth-order valence-electron chi connectivity index (χ4n) is 4.32. The van der Waals surface area contributed by atoms with Crippen molar-refractivity contribution in [2.24, 2.45) is 0 Å². The molecule has 1 aliphatic rings. The molecule has 138 valence electrons. The van der Waals surface area contributed by atoms with Crippen molar-refractivity contribution in [2.45, 2.75) is 5.92 Å². The van der Waals surface area contributed by atoms with E-state index in [0.29, 0.717) is 0 Å². The molecule has 0 spiro atoms. The maximum Gasteiger partial charge on any atom is 0.190 e. The summed E-state index contributed by atoms with van der Waals surface area (Å²) in [5.41, 5.74) is 7.19. The Hall–Kier alpha value is -3.71. The highest BCUT2D eigenvalue weighted by atomic mass is 16.1. The normalized spacial score (nSPS) is 15.2. The molecule has 0 aliphatic heterocycles. The minimum absolute atomic E-state index is 0.0738. The third-order valence-corrected chi connectivity index (χ3v) is 5.58. The zero-order valence-corrected chi connectivity index (χ0v) is 16.0. The molecule has 0 saturated heterocycles. The Morgan fingerprint density at radius 1 is 0.586 bits per heavy atom. The minimum Gasteiger partial charge on any atom is -0.289 e. The first-order valence-corrected chi connectivity index (χ1v) is 9.88. The molecule has 0 saturated carbocycles. The maximum atomic E-state index is 13.8. The van der Waals surface area contributed by atoms with Gasteiger partial charge in [-0.15, -0.1) is 0 Å². The summed E-state index contributed by atoms with van der Waals surface area (Å²) in [7, 11) is 0. The van der Waals surface area contributed by atoms with E-state index in [0.717, 1.165) is 33.4 Å². The van der Waals surface area contributed by atoms with Gasteiger partial charge in [0, 0.05) is 17.1 Å². The van der Waals surface area contributed by atoms with E-state index in [-0.39, 0.29) is 11.7 Å². The summed E-state index contributed by atoms with van der Waals surface area (Å²) < 4.78 is 0. The van der Waals surface area contributed by atoms with Gasteiger partial charge in [0.05, 0.1) is 0 Å². The Balaban J connectivity index is 1.82. The molecule has 4 aromatic carbocycles. The highest BCUT2D eigenvalue weighted by Gasteiger charge is 2.36. The first kappa shape index (κ1) is 17.4. The first-order chi connectivity index (χ1) is 14.3. The van der Waals surface area contributed by atoms with E-state index in [9.17, 15) is 4.79 Å². The Kier molecular flexibility index (Phi) is 4.42. The molecule has 0 amide bonds. The van der Waals surface area contributed by atoms with Crippen LogP contribution >= 0.6 is 0 Å². The van der Waals surface area contributed by atoms with Crippen molar-refractivity contribution in [3.8, 4) is 0 Å². The van der Waals surface area contributed by atoms with Gasteiger partial charge in [-0.1, -0.05) is 115 Å². The van der Waals surface area contributed by atoms with Crippen LogP contribution in [0.15, 0.2) is 121 Å². The van der Waals surface area contributed by atoms with Gasteiger partial charge in [0.15, 0.2) is 5.78 Å². The summed E-state index contributed by atoms with van der Waals surface area (Å²) >= 11 is 0. The molecule has 5 rings (SSSR count). The first-order valence-electron chi connectivity index (χ1n) is 9.88. The predicted molar refractivity (Wildman–Crippen MR) is 118 cm³/mol. The second kappa shape index (κ2) is 7.37. The van der Waals surface area contributed by atoms with Gasteiger partial charge in [0.2, 0.25) is 0 Å². The van der Waals surface area contributed by atoms with Crippen molar-refractivity contribution in [1.29, 1.82) is 0 Å². The second-order valence-corrected chi connectivity index (χ2v) is 7.28. The van der Waals surface area contributed by atoms with Gasteiger partial charge >= 0.3 is 0 Å². The molecule has 0 heterocycles. The number of benzene rings is 4. The highest BCUT2D eigenvalue weighted by molar-refractivity contribution is 6.18. The average Bonchev–Trinajstić information content (AvgIpc) is 3.15. The van der Waals surface area contributed by atoms with Crippen LogP contribution in [0.5, 0.6) is 0 Å². The number of Topliss-reactive ketones (excluding diaryl/α,β-unsaturated/α-hetero) is 1. The lowest BCUT2D eigenvalue weighted by Crippen LogP contribution is -2.11. The number of allylic oxidation sites excluding steroid dienone is 1. The standard InChI is InChI=1S/C28H20O/c29-28(22-16-8-3-9-17-22)27-25(20-12-4-1-5-13-20)23-18-10-11-19-24(23)26(27)21-14-6-2-7-15-21/h1-19,25H. The van der Waals surface area contributed by atoms with Crippen molar-refractivity contribution < 1.29 is 4.79 Å². The van der Waals surface area contributed by atoms with E-state index < -0.39 is 0 Å². The van der Waals surface area contributed by atoms with Gasteiger partial charge in [0.25, 0.3) is 0 Å². The molecule has 0 aromatic heterocycles. The van der Waals surface area contributed by atoms with Crippen LogP contribution < -0.4 is 0 Å². The number of rotatable bonds is 4. The quantitative estimate of drug-likeness (QED) is 0.373. The molecule has 0 bridgehead atoms. The van der Waals surface area contributed by atoms with Crippen LogP contribution in [0.25, 0.3) is 5.57 Å². The summed E-state index contributed by atoms with van der Waals surface area (Å²) in [4.78, 5) is 13.8. The monoisotopic (exact) mass is 372 g/mol. The van der Waals surface area contributed by atoms with Crippen LogP contribution in [0.2, 0.25) is 0 Å². The van der Waals surface area contributed by atoms with E-state index in [1.807, 2.05) is 66.7 Å². The molecule has 4 aromatic rings. The largest absolute Gasteiger partial charge is 0.289 e. The Morgan fingerprint density at radius 3 is 1.83 bits per heavy atom. The van der Waals surface area contributed by atoms with Crippen LogP contribution in [0, 0.1) is 0 Å². The maximum absolute atomic E-state index is 13.8. The fraction of sp³-hybridized carbons (Fsp3) is 0.0357. The zero-order valence-electron chi connectivity index (χ0n) is 16.0. The topological polar surface area (TPSA) is 17.1 Å². The molecule has 1 unspecified atom stereocenters. The van der Waals surface area contributed by atoms with Crippen LogP contribution in [0.3, 0.4) is 0 Å². The van der Waals surface area contributed by atoms with Gasteiger partial charge in [-0.05, 0) is 27.8 Å². The van der Waals surface area contributed by atoms with Crippen LogP contribution in [-0.4, -0.2) is 5.78 Å². The van der Waals surface area contributed by atoms with Crippen molar-refractivity contribution in [3.05, 3.63) is 149 Å². The van der Waals surface area contributed by atoms with E-state index in [1.165, 1.54) is 5.56 Å². The SMILES string of the molecule is O=C(C1=C(c2ccccc2)c2ccccc2C1c1ccccc1)c1ccccc1. The van der Waals surface area contributed by atoms with Crippen LogP contribution in [-0.2, 0) is 0 Å². The second-order valence-electron chi connectivity index (χ2n) is 7.28. The number of carbonyl (C=O) groups is 1. The van der Waals surface area contributed by atoms with Gasteiger partial charge in [-0.3, -0.25) is 4.79 Å². The third kappa shape index (κ3) is 3.01. The van der Waals surface area contributed by atoms with E-state index in [2.05, 4.69) is 48.5 Å². The van der Waals surface area contributed by atoms with Crippen molar-refractivity contribution in [2.75, 3.05) is 0 Å². The molecular weight excluding hydrogens is 352 g/mol. The Bertz CT molecular complexity index is 1190. The van der Waals surface area contributed by atoms with Crippen molar-refractivity contribution in [3.63, 3.8) is 0 Å². The predicted octanol–water partition coefficient (Wildman–Crippen LogP) is 6.52. The van der Waals surface area contributed by atoms with Gasteiger partial charge < -0.3 is 0 Å². The molecule has 0 fully saturated rings. The summed E-state index contributed by atoms with van der Waals surface area (Å²) in [6.07, 6.45) is 0. The zero-order chi connectivity index (χ0) is 19.6. The van der Waals surface area contributed by atoms with E-state index >= 15 is 0 Å². The lowest BCUT2D eigenvalue weighted by atomic mass is 9.84. The van der Waals surface area contributed by atoms with Crippen molar-refractivity contribution in [1.82, 2.24) is 0 Å². The summed E-state index contributed by atoms with van der Waals surface area (Å²) in [6.45, 7) is 0. The Labute approximate surface area is 171 Å². The molecule has 1 nitrogen and oxygen atoms in total. The van der Waals surface area contributed by atoms with Crippen molar-refractivity contribution >= 4 is 11.4 Å². The molecular formula is C28H20O. The van der Waals surface area contributed by atoms with Gasteiger partial charge in [-0.25, -0.2) is 0 Å². The van der Waals surface area contributed by atoms with Gasteiger partial charge in [-0.2, -0.15) is 0 Å². The number of hydrogen-bond donors (Lipinski definition) is 0. The number of fused-ring (bicyclic) bond motifs is 1. The molecule has 1 atom stereocenters. The third-order valence-electron chi connectivity index (χ3n) is 5.58. The molecule has 0 N–H and O–H groups in total. The van der Waals surface area contributed by atoms with E-state index in [4.69, 9.17) is 0 Å². The minimum atomic E-state index is -0.0738. The highest BCUT2D eigenvalue weighted by Crippen LogP contribution is 2.49. The molecule has 1 heteroatoms. The van der Waals surface area contributed by atoms with Gasteiger partial charge in [0.1, 0.15) is 0 Å². The molecule has 0 radical (unpaired) electrons. The fourth-order valence-corrected chi connectivity index (χ4v) is 4.32. The molecule has 29 heavy (non-hydrogen) atoms.